The Labute approximate surface area is 135 Å². The van der Waals surface area contributed by atoms with Gasteiger partial charge in [0.15, 0.2) is 6.10 Å². The van der Waals surface area contributed by atoms with E-state index in [4.69, 9.17) is 4.74 Å². The lowest BCUT2D eigenvalue weighted by Gasteiger charge is -2.31. The smallest absolute Gasteiger partial charge is 0.306 e. The molecule has 1 aromatic heterocycles. The van der Waals surface area contributed by atoms with E-state index in [-0.39, 0.29) is 17.8 Å². The number of carbonyl (C=O) groups excluding carboxylic acids is 2. The average molecular weight is 321 g/mol. The molecule has 4 nitrogen and oxygen atoms in total. The third-order valence-electron chi connectivity index (χ3n) is 4.38. The highest BCUT2D eigenvalue weighted by atomic mass is 32.1. The van der Waals surface area contributed by atoms with Crippen molar-refractivity contribution in [1.82, 2.24) is 4.90 Å². The summed E-state index contributed by atoms with van der Waals surface area (Å²) in [6.45, 7) is 5.23. The SMILES string of the molecule is CC(C)C(OC(=O)CC1CC1)C(=O)N1CCc2sccc2C1. The maximum Gasteiger partial charge on any atom is 0.306 e. The summed E-state index contributed by atoms with van der Waals surface area (Å²) in [7, 11) is 0. The van der Waals surface area contributed by atoms with E-state index < -0.39 is 6.10 Å². The van der Waals surface area contributed by atoms with Gasteiger partial charge in [-0.15, -0.1) is 11.3 Å². The fourth-order valence-electron chi connectivity index (χ4n) is 2.84. The number of carbonyl (C=O) groups is 2. The van der Waals surface area contributed by atoms with Crippen LogP contribution in [-0.2, 0) is 27.3 Å². The Morgan fingerprint density at radius 2 is 2.18 bits per heavy atom. The quantitative estimate of drug-likeness (QED) is 0.783. The first-order valence-electron chi connectivity index (χ1n) is 8.08. The highest BCUT2D eigenvalue weighted by Gasteiger charge is 2.34. The van der Waals surface area contributed by atoms with E-state index in [1.807, 2.05) is 18.7 Å². The topological polar surface area (TPSA) is 46.6 Å². The lowest BCUT2D eigenvalue weighted by atomic mass is 10.0. The van der Waals surface area contributed by atoms with Gasteiger partial charge in [0.1, 0.15) is 0 Å². The molecule has 0 aromatic carbocycles. The molecule has 1 aromatic rings. The molecule has 0 bridgehead atoms. The highest BCUT2D eigenvalue weighted by molar-refractivity contribution is 7.10. The van der Waals surface area contributed by atoms with Gasteiger partial charge in [-0.25, -0.2) is 0 Å². The minimum atomic E-state index is -0.647. The summed E-state index contributed by atoms with van der Waals surface area (Å²) in [6, 6.07) is 2.09. The molecule has 0 saturated heterocycles. The summed E-state index contributed by atoms with van der Waals surface area (Å²) in [5.41, 5.74) is 1.23. The van der Waals surface area contributed by atoms with Crippen molar-refractivity contribution >= 4 is 23.2 Å². The number of hydrogen-bond acceptors (Lipinski definition) is 4. The van der Waals surface area contributed by atoms with Gasteiger partial charge in [-0.2, -0.15) is 0 Å². The van der Waals surface area contributed by atoms with Gasteiger partial charge >= 0.3 is 5.97 Å². The first kappa shape index (κ1) is 15.5. The molecule has 0 spiro atoms. The summed E-state index contributed by atoms with van der Waals surface area (Å²) in [4.78, 5) is 27.9. The Balaban J connectivity index is 1.63. The first-order valence-corrected chi connectivity index (χ1v) is 8.96. The number of thiophene rings is 1. The Morgan fingerprint density at radius 3 is 2.86 bits per heavy atom. The molecule has 1 saturated carbocycles. The minimum Gasteiger partial charge on any atom is -0.452 e. The van der Waals surface area contributed by atoms with Crippen molar-refractivity contribution in [2.75, 3.05) is 6.54 Å². The van der Waals surface area contributed by atoms with Crippen molar-refractivity contribution in [3.63, 3.8) is 0 Å². The van der Waals surface area contributed by atoms with Crippen LogP contribution in [0.3, 0.4) is 0 Å². The molecular weight excluding hydrogens is 298 g/mol. The van der Waals surface area contributed by atoms with Crippen molar-refractivity contribution in [3.05, 3.63) is 21.9 Å². The summed E-state index contributed by atoms with van der Waals surface area (Å²) < 4.78 is 5.52. The Kier molecular flexibility index (Phi) is 4.52. The summed E-state index contributed by atoms with van der Waals surface area (Å²) in [5, 5.41) is 2.08. The second-order valence-electron chi connectivity index (χ2n) is 6.68. The molecular formula is C17H23NO3S. The Morgan fingerprint density at radius 1 is 1.41 bits per heavy atom. The van der Waals surface area contributed by atoms with E-state index in [2.05, 4.69) is 11.4 Å². The summed E-state index contributed by atoms with van der Waals surface area (Å²) >= 11 is 1.75. The standard InChI is InChI=1S/C17H23NO3S/c1-11(2)16(21-15(19)9-12-3-4-12)17(20)18-7-5-14-13(10-18)6-8-22-14/h6,8,11-12,16H,3-5,7,9-10H2,1-2H3. The molecule has 2 heterocycles. The normalized spacial score (nSPS) is 19.0. The van der Waals surface area contributed by atoms with Crippen LogP contribution in [-0.4, -0.2) is 29.4 Å². The predicted molar refractivity (Wildman–Crippen MR) is 85.5 cm³/mol. The van der Waals surface area contributed by atoms with Crippen LogP contribution in [0.5, 0.6) is 0 Å². The van der Waals surface area contributed by atoms with Crippen LogP contribution in [0.15, 0.2) is 11.4 Å². The van der Waals surface area contributed by atoms with E-state index in [0.717, 1.165) is 25.8 Å². The van der Waals surface area contributed by atoms with Gasteiger partial charge in [0, 0.05) is 24.4 Å². The lowest BCUT2D eigenvalue weighted by Crippen LogP contribution is -2.45. The van der Waals surface area contributed by atoms with Gasteiger partial charge in [-0.05, 0) is 48.1 Å². The number of amides is 1. The zero-order valence-corrected chi connectivity index (χ0v) is 14.0. The number of rotatable bonds is 5. The minimum absolute atomic E-state index is 0.000440. The zero-order valence-electron chi connectivity index (χ0n) is 13.2. The molecule has 1 aliphatic heterocycles. The molecule has 120 valence electrons. The molecule has 3 rings (SSSR count). The number of esters is 1. The largest absolute Gasteiger partial charge is 0.452 e. The van der Waals surface area contributed by atoms with Crippen LogP contribution in [0, 0.1) is 11.8 Å². The molecule has 5 heteroatoms. The summed E-state index contributed by atoms with van der Waals surface area (Å²) in [5.74, 6) is 0.220. The van der Waals surface area contributed by atoms with E-state index >= 15 is 0 Å². The second-order valence-corrected chi connectivity index (χ2v) is 7.68. The maximum absolute atomic E-state index is 12.8. The van der Waals surface area contributed by atoms with E-state index in [1.165, 1.54) is 10.4 Å². The van der Waals surface area contributed by atoms with Crippen molar-refractivity contribution in [3.8, 4) is 0 Å². The molecule has 1 unspecified atom stereocenters. The molecule has 22 heavy (non-hydrogen) atoms. The Hall–Kier alpha value is -1.36. The first-order chi connectivity index (χ1) is 10.5. The lowest BCUT2D eigenvalue weighted by molar-refractivity contribution is -0.164. The number of fused-ring (bicyclic) bond motifs is 1. The van der Waals surface area contributed by atoms with Gasteiger partial charge in [0.25, 0.3) is 5.91 Å². The van der Waals surface area contributed by atoms with Crippen LogP contribution in [0.2, 0.25) is 0 Å². The highest BCUT2D eigenvalue weighted by Crippen LogP contribution is 2.33. The molecule has 1 fully saturated rings. The van der Waals surface area contributed by atoms with Crippen molar-refractivity contribution in [2.24, 2.45) is 11.8 Å². The van der Waals surface area contributed by atoms with Crippen molar-refractivity contribution in [1.29, 1.82) is 0 Å². The fourth-order valence-corrected chi connectivity index (χ4v) is 3.73. The van der Waals surface area contributed by atoms with Crippen LogP contribution in [0.25, 0.3) is 0 Å². The molecule has 0 radical (unpaired) electrons. The monoisotopic (exact) mass is 321 g/mol. The van der Waals surface area contributed by atoms with E-state index in [9.17, 15) is 9.59 Å². The summed E-state index contributed by atoms with van der Waals surface area (Å²) in [6.07, 6.45) is 2.95. The van der Waals surface area contributed by atoms with Crippen LogP contribution >= 0.6 is 11.3 Å². The number of hydrogen-bond donors (Lipinski definition) is 0. The molecule has 1 amide bonds. The third kappa shape index (κ3) is 3.51. The predicted octanol–water partition coefficient (Wildman–Crippen LogP) is 3.00. The van der Waals surface area contributed by atoms with Crippen molar-refractivity contribution < 1.29 is 14.3 Å². The van der Waals surface area contributed by atoms with Gasteiger partial charge in [0.2, 0.25) is 0 Å². The van der Waals surface area contributed by atoms with E-state index in [1.54, 1.807) is 11.3 Å². The van der Waals surface area contributed by atoms with Gasteiger partial charge in [0.05, 0.1) is 0 Å². The molecule has 1 atom stereocenters. The maximum atomic E-state index is 12.8. The van der Waals surface area contributed by atoms with Crippen molar-refractivity contribution in [2.45, 2.75) is 52.2 Å². The van der Waals surface area contributed by atoms with Crippen LogP contribution in [0.1, 0.15) is 43.6 Å². The fraction of sp³-hybridized carbons (Fsp3) is 0.647. The third-order valence-corrected chi connectivity index (χ3v) is 5.40. The zero-order chi connectivity index (χ0) is 15.7. The Bertz CT molecular complexity index is 562. The van der Waals surface area contributed by atoms with Gasteiger partial charge in [-0.1, -0.05) is 13.8 Å². The number of ether oxygens (including phenoxy) is 1. The van der Waals surface area contributed by atoms with Crippen LogP contribution in [0.4, 0.5) is 0 Å². The van der Waals surface area contributed by atoms with Gasteiger partial charge < -0.3 is 9.64 Å². The second kappa shape index (κ2) is 6.41. The molecule has 0 N–H and O–H groups in total. The van der Waals surface area contributed by atoms with Gasteiger partial charge in [-0.3, -0.25) is 9.59 Å². The van der Waals surface area contributed by atoms with Crippen LogP contribution < -0.4 is 0 Å². The number of nitrogens with zero attached hydrogens (tertiary/aromatic N) is 1. The average Bonchev–Trinajstić information content (AvgIpc) is 3.16. The molecule has 1 aliphatic carbocycles. The molecule has 2 aliphatic rings. The van der Waals surface area contributed by atoms with E-state index in [0.29, 0.717) is 18.9 Å².